The molecule has 13 rings (SSSR count). The van der Waals surface area contributed by atoms with Gasteiger partial charge in [-0.05, 0) is 77.4 Å². The van der Waals surface area contributed by atoms with Crippen LogP contribution in [0.15, 0.2) is 176 Å². The van der Waals surface area contributed by atoms with E-state index in [0.717, 1.165) is 118 Å². The molecule has 0 bridgehead atoms. The molecule has 0 amide bonds. The molecule has 0 spiro atoms. The summed E-state index contributed by atoms with van der Waals surface area (Å²) in [6, 6.07) is 62.3. The van der Waals surface area contributed by atoms with E-state index in [1.165, 1.54) is 11.1 Å². The second-order valence-electron chi connectivity index (χ2n) is 18.5. The molecule has 0 aliphatic carbocycles. The van der Waals surface area contributed by atoms with Crippen LogP contribution >= 0.6 is 0 Å². The van der Waals surface area contributed by atoms with Gasteiger partial charge in [0.1, 0.15) is 23.3 Å². The highest BCUT2D eigenvalue weighted by Gasteiger charge is 2.43. The second-order valence-corrected chi connectivity index (χ2v) is 18.5. The summed E-state index contributed by atoms with van der Waals surface area (Å²) in [5.41, 5.74) is 18.6. The van der Waals surface area contributed by atoms with Crippen LogP contribution in [0.2, 0.25) is 0 Å². The van der Waals surface area contributed by atoms with Crippen molar-refractivity contribution in [2.75, 3.05) is 4.90 Å². The van der Waals surface area contributed by atoms with Crippen molar-refractivity contribution in [2.45, 2.75) is 19.3 Å². The largest absolute Gasteiger partial charge is 0.327 e. The average Bonchev–Trinajstić information content (AvgIpc) is 4.11. The molecule has 0 saturated heterocycles. The number of aromatic nitrogens is 8. The summed E-state index contributed by atoms with van der Waals surface area (Å²) in [5, 5.41) is 0. The third-order valence-electron chi connectivity index (χ3n) is 14.4. The first kappa shape index (κ1) is 39.8. The van der Waals surface area contributed by atoms with E-state index >= 15 is 0 Å². The van der Waals surface area contributed by atoms with E-state index < -0.39 is 0 Å². The third-order valence-corrected chi connectivity index (χ3v) is 14.4. The van der Waals surface area contributed by atoms with Gasteiger partial charge in [-0.25, -0.2) is 19.9 Å². The van der Waals surface area contributed by atoms with Crippen LogP contribution in [0.4, 0.5) is 17.1 Å². The molecular formula is C59H47N9. The lowest BCUT2D eigenvalue weighted by atomic mass is 9.73. The number of aryl methyl sites for hydroxylation is 4. The standard InChI is InChI=1S/C59H47N9/c1-59(2)37-24-10-16-30-43(37)68(44-31-17-11-25-38(44)59)54-52(57-62-41-28-14-20-34-47(41)66(57)5)49(36-22-8-7-9-23-36)50(55-60-39-26-12-18-32-45(39)64(55)3)51(56-61-40-27-13-19-33-46(40)65(56)4)53(54)58-63-42-29-15-21-35-48(42)67(58)6/h7-35H,1-6H3. The number of para-hydroxylation sites is 10. The molecule has 9 nitrogen and oxygen atoms in total. The van der Waals surface area contributed by atoms with Crippen molar-refractivity contribution in [3.05, 3.63) is 187 Å². The number of nitrogens with zero attached hydrogens (tertiary/aromatic N) is 9. The summed E-state index contributed by atoms with van der Waals surface area (Å²) >= 11 is 0. The van der Waals surface area contributed by atoms with Gasteiger partial charge in [0.05, 0.1) is 72.3 Å². The molecular weight excluding hydrogens is 835 g/mol. The molecule has 0 atom stereocenters. The Hall–Kier alpha value is -8.56. The average molecular weight is 882 g/mol. The van der Waals surface area contributed by atoms with Crippen LogP contribution < -0.4 is 4.90 Å². The minimum Gasteiger partial charge on any atom is -0.327 e. The van der Waals surface area contributed by atoms with E-state index in [9.17, 15) is 0 Å². The Balaban J connectivity index is 1.38. The number of benzene rings is 8. The predicted octanol–water partition coefficient (Wildman–Crippen LogP) is 13.7. The van der Waals surface area contributed by atoms with E-state index in [-0.39, 0.29) is 5.41 Å². The molecule has 4 aromatic heterocycles. The van der Waals surface area contributed by atoms with Crippen molar-refractivity contribution in [1.82, 2.24) is 38.2 Å². The highest BCUT2D eigenvalue weighted by atomic mass is 15.2. The SMILES string of the molecule is Cn1c(-c2c(-c3ccccc3)c(-c3nc4ccccc4n3C)c(N3c4ccccc4C(C)(C)c4ccccc43)c(-c3nc4ccccc4n3C)c2-c2nc3ccccc3n2C)nc2ccccc21. The lowest BCUT2D eigenvalue weighted by Crippen LogP contribution is -2.31. The molecule has 0 radical (unpaired) electrons. The van der Waals surface area contributed by atoms with Gasteiger partial charge in [0.25, 0.3) is 0 Å². The van der Waals surface area contributed by atoms with Crippen LogP contribution in [0.3, 0.4) is 0 Å². The maximum Gasteiger partial charge on any atom is 0.143 e. The number of hydrogen-bond acceptors (Lipinski definition) is 5. The summed E-state index contributed by atoms with van der Waals surface area (Å²) in [5.74, 6) is 3.21. The molecule has 0 saturated carbocycles. The van der Waals surface area contributed by atoms with E-state index in [0.29, 0.717) is 0 Å². The van der Waals surface area contributed by atoms with Crippen LogP contribution in [0, 0.1) is 0 Å². The third kappa shape index (κ3) is 5.56. The molecule has 328 valence electrons. The summed E-state index contributed by atoms with van der Waals surface area (Å²) in [7, 11) is 8.56. The summed E-state index contributed by atoms with van der Waals surface area (Å²) in [6.07, 6.45) is 0. The number of hydrogen-bond donors (Lipinski definition) is 0. The van der Waals surface area contributed by atoms with Crippen molar-refractivity contribution in [1.29, 1.82) is 0 Å². The molecule has 5 heterocycles. The fraction of sp³-hybridized carbons (Fsp3) is 0.119. The minimum absolute atomic E-state index is 0.324. The predicted molar refractivity (Wildman–Crippen MR) is 278 cm³/mol. The molecule has 68 heavy (non-hydrogen) atoms. The van der Waals surface area contributed by atoms with E-state index in [4.69, 9.17) is 19.9 Å². The van der Waals surface area contributed by atoms with Crippen molar-refractivity contribution in [2.24, 2.45) is 28.2 Å². The van der Waals surface area contributed by atoms with E-state index in [1.54, 1.807) is 0 Å². The molecule has 9 heteroatoms. The fourth-order valence-corrected chi connectivity index (χ4v) is 11.1. The first-order valence-corrected chi connectivity index (χ1v) is 23.2. The number of fused-ring (bicyclic) bond motifs is 6. The van der Waals surface area contributed by atoms with Crippen LogP contribution in [0.5, 0.6) is 0 Å². The van der Waals surface area contributed by atoms with Gasteiger partial charge in [-0.2, -0.15) is 0 Å². The van der Waals surface area contributed by atoms with Gasteiger partial charge < -0.3 is 23.2 Å². The van der Waals surface area contributed by atoms with Crippen molar-refractivity contribution in [3.8, 4) is 56.7 Å². The lowest BCUT2D eigenvalue weighted by Gasteiger charge is -2.43. The Morgan fingerprint density at radius 3 is 1.03 bits per heavy atom. The summed E-state index contributed by atoms with van der Waals surface area (Å²) in [6.45, 7) is 4.69. The monoisotopic (exact) mass is 881 g/mol. The van der Waals surface area contributed by atoms with Crippen LogP contribution in [-0.2, 0) is 33.6 Å². The van der Waals surface area contributed by atoms with Gasteiger partial charge in [-0.1, -0.05) is 129 Å². The molecule has 12 aromatic rings. The first-order valence-electron chi connectivity index (χ1n) is 23.2. The first-order chi connectivity index (χ1) is 33.2. The molecule has 0 N–H and O–H groups in total. The maximum absolute atomic E-state index is 5.70. The Morgan fingerprint density at radius 2 is 0.632 bits per heavy atom. The topological polar surface area (TPSA) is 74.5 Å². The Morgan fingerprint density at radius 1 is 0.324 bits per heavy atom. The normalized spacial score (nSPS) is 13.2. The lowest BCUT2D eigenvalue weighted by molar-refractivity contribution is 0.632. The van der Waals surface area contributed by atoms with Crippen molar-refractivity contribution >= 4 is 61.2 Å². The van der Waals surface area contributed by atoms with Crippen molar-refractivity contribution in [3.63, 3.8) is 0 Å². The number of rotatable bonds is 6. The highest BCUT2D eigenvalue weighted by Crippen LogP contribution is 2.61. The Kier molecular flexibility index (Phi) is 8.61. The van der Waals surface area contributed by atoms with Gasteiger partial charge in [0, 0.05) is 50.3 Å². The second kappa shape index (κ2) is 14.7. The minimum atomic E-state index is -0.324. The number of anilines is 3. The zero-order valence-corrected chi connectivity index (χ0v) is 38.8. The fourth-order valence-electron chi connectivity index (χ4n) is 11.1. The van der Waals surface area contributed by atoms with Gasteiger partial charge >= 0.3 is 0 Å². The molecule has 0 fully saturated rings. The zero-order chi connectivity index (χ0) is 46.0. The Labute approximate surface area is 393 Å². The molecule has 1 aliphatic heterocycles. The van der Waals surface area contributed by atoms with E-state index in [2.05, 4.69) is 241 Å². The van der Waals surface area contributed by atoms with Crippen LogP contribution in [0.25, 0.3) is 101 Å². The van der Waals surface area contributed by atoms with Crippen LogP contribution in [-0.4, -0.2) is 38.2 Å². The smallest absolute Gasteiger partial charge is 0.143 e. The van der Waals surface area contributed by atoms with E-state index in [1.807, 2.05) is 0 Å². The molecule has 8 aromatic carbocycles. The zero-order valence-electron chi connectivity index (χ0n) is 38.8. The summed E-state index contributed by atoms with van der Waals surface area (Å²) < 4.78 is 9.01. The maximum atomic E-state index is 5.70. The molecule has 1 aliphatic rings. The van der Waals surface area contributed by atoms with Gasteiger partial charge in [-0.3, -0.25) is 0 Å². The Bertz CT molecular complexity index is 3960. The number of imidazole rings is 4. The van der Waals surface area contributed by atoms with Crippen LogP contribution in [0.1, 0.15) is 25.0 Å². The van der Waals surface area contributed by atoms with Gasteiger partial charge in [0.2, 0.25) is 0 Å². The summed E-state index contributed by atoms with van der Waals surface area (Å²) in [4.78, 5) is 25.2. The highest BCUT2D eigenvalue weighted by molar-refractivity contribution is 6.16. The quantitative estimate of drug-likeness (QED) is 0.166. The van der Waals surface area contributed by atoms with Gasteiger partial charge in [0.15, 0.2) is 0 Å². The van der Waals surface area contributed by atoms with Gasteiger partial charge in [-0.15, -0.1) is 0 Å². The molecule has 0 unspecified atom stereocenters. The van der Waals surface area contributed by atoms with Crippen molar-refractivity contribution < 1.29 is 0 Å².